The molecule has 8 heteroatoms. The van der Waals surface area contributed by atoms with E-state index in [9.17, 15) is 14.7 Å². The van der Waals surface area contributed by atoms with Crippen molar-refractivity contribution in [2.75, 3.05) is 39.6 Å². The van der Waals surface area contributed by atoms with Gasteiger partial charge in [0.15, 0.2) is 0 Å². The number of amides is 1. The number of phenolic OH excluding ortho intramolecular Hbond substituents is 1. The summed E-state index contributed by atoms with van der Waals surface area (Å²) in [5.41, 5.74) is 0.656. The number of nitrogens with one attached hydrogen (secondary N) is 1. The van der Waals surface area contributed by atoms with Gasteiger partial charge >= 0.3 is 12.1 Å². The Morgan fingerprint density at radius 1 is 1.07 bits per heavy atom. The molecule has 2 rings (SSSR count). The molecule has 8 nitrogen and oxygen atoms in total. The number of phenols is 1. The van der Waals surface area contributed by atoms with E-state index in [0.29, 0.717) is 41.9 Å². The van der Waals surface area contributed by atoms with Gasteiger partial charge in [0.1, 0.15) is 18.1 Å². The number of aromatic hydroxyl groups is 1. The Labute approximate surface area is 169 Å². The van der Waals surface area contributed by atoms with Crippen LogP contribution in [0, 0.1) is 6.92 Å². The molecule has 0 unspecified atom stereocenters. The second-order valence-corrected chi connectivity index (χ2v) is 6.00. The van der Waals surface area contributed by atoms with Gasteiger partial charge in [0.25, 0.3) is 0 Å². The number of carbonyl (C=O) groups is 2. The summed E-state index contributed by atoms with van der Waals surface area (Å²) in [4.78, 5) is 22.9. The molecule has 0 bridgehead atoms. The average Bonchev–Trinajstić information content (AvgIpc) is 2.72. The number of hydrogen-bond acceptors (Lipinski definition) is 7. The van der Waals surface area contributed by atoms with Gasteiger partial charge in [-0.25, -0.2) is 9.59 Å². The molecule has 0 saturated heterocycles. The molecule has 2 aromatic carbocycles. The number of aryl methyl sites for hydroxylation is 1. The highest BCUT2D eigenvalue weighted by Crippen LogP contribution is 2.35. The largest absolute Gasteiger partial charge is 0.507 e. The van der Waals surface area contributed by atoms with Crippen molar-refractivity contribution in [1.82, 2.24) is 5.32 Å². The first-order valence-corrected chi connectivity index (χ1v) is 9.14. The fraction of sp³-hybridized carbons (Fsp3) is 0.333. The fourth-order valence-corrected chi connectivity index (χ4v) is 2.54. The summed E-state index contributed by atoms with van der Waals surface area (Å²) in [5.74, 6) is 0.0565. The van der Waals surface area contributed by atoms with Crippen LogP contribution >= 0.6 is 0 Å². The van der Waals surface area contributed by atoms with Crippen molar-refractivity contribution in [3.05, 3.63) is 48.6 Å². The van der Waals surface area contributed by atoms with Crippen LogP contribution in [-0.4, -0.2) is 56.7 Å². The van der Waals surface area contributed by atoms with Gasteiger partial charge in [-0.3, -0.25) is 0 Å². The lowest BCUT2D eigenvalue weighted by Gasteiger charge is -2.13. The third kappa shape index (κ3) is 7.10. The second-order valence-electron chi connectivity index (χ2n) is 6.00. The molecule has 156 valence electrons. The van der Waals surface area contributed by atoms with Crippen molar-refractivity contribution in [2.45, 2.75) is 6.92 Å². The molecule has 0 spiro atoms. The molecule has 2 N–H and O–H groups in total. The third-order valence-electron chi connectivity index (χ3n) is 3.88. The van der Waals surface area contributed by atoms with Crippen molar-refractivity contribution >= 4 is 22.8 Å². The van der Waals surface area contributed by atoms with E-state index in [1.165, 1.54) is 0 Å². The summed E-state index contributed by atoms with van der Waals surface area (Å²) >= 11 is 0. The van der Waals surface area contributed by atoms with E-state index < -0.39 is 12.1 Å². The number of carbonyl (C=O) groups excluding carboxylic acids is 2. The molecular formula is C21H25NO7. The van der Waals surface area contributed by atoms with Crippen molar-refractivity contribution in [3.8, 4) is 11.5 Å². The molecule has 0 saturated carbocycles. The Hall–Kier alpha value is -3.10. The predicted molar refractivity (Wildman–Crippen MR) is 107 cm³/mol. The first-order valence-electron chi connectivity index (χ1n) is 9.14. The van der Waals surface area contributed by atoms with Gasteiger partial charge in [-0.1, -0.05) is 30.8 Å². The topological polar surface area (TPSA) is 103 Å². The van der Waals surface area contributed by atoms with Crippen LogP contribution in [0.3, 0.4) is 0 Å². The van der Waals surface area contributed by atoms with Crippen LogP contribution in [0.15, 0.2) is 43.0 Å². The summed E-state index contributed by atoms with van der Waals surface area (Å²) in [5, 5.41) is 13.9. The Morgan fingerprint density at radius 3 is 2.45 bits per heavy atom. The smallest absolute Gasteiger partial charge is 0.412 e. The number of fused-ring (bicyclic) bond motifs is 1. The average molecular weight is 403 g/mol. The van der Waals surface area contributed by atoms with E-state index in [4.69, 9.17) is 18.9 Å². The second kappa shape index (κ2) is 11.7. The molecule has 0 aliphatic heterocycles. The monoisotopic (exact) mass is 403 g/mol. The number of ether oxygens (including phenoxy) is 4. The molecule has 2 aromatic rings. The quantitative estimate of drug-likeness (QED) is 0.338. The summed E-state index contributed by atoms with van der Waals surface area (Å²) in [7, 11) is 0. The summed E-state index contributed by atoms with van der Waals surface area (Å²) in [6.07, 6.45) is 0.486. The molecule has 0 radical (unpaired) electrons. The molecule has 0 aliphatic rings. The van der Waals surface area contributed by atoms with Gasteiger partial charge in [0, 0.05) is 23.4 Å². The molecule has 0 heterocycles. The zero-order valence-corrected chi connectivity index (χ0v) is 16.3. The van der Waals surface area contributed by atoms with Crippen LogP contribution < -0.4 is 10.1 Å². The SMILES string of the molecule is C=CC(=O)OCCOCCOCCNC(=O)Oc1c(C)cc(O)c2ccccc12. The number of rotatable bonds is 11. The Kier molecular flexibility index (Phi) is 8.94. The highest BCUT2D eigenvalue weighted by Gasteiger charge is 2.13. The van der Waals surface area contributed by atoms with Crippen LogP contribution in [0.5, 0.6) is 11.5 Å². The maximum absolute atomic E-state index is 12.1. The first-order chi connectivity index (χ1) is 14.0. The molecule has 0 atom stereocenters. The van der Waals surface area contributed by atoms with Crippen molar-refractivity contribution in [2.24, 2.45) is 0 Å². The third-order valence-corrected chi connectivity index (χ3v) is 3.88. The zero-order chi connectivity index (χ0) is 21.1. The van der Waals surface area contributed by atoms with E-state index in [1.54, 1.807) is 31.2 Å². The minimum Gasteiger partial charge on any atom is -0.507 e. The zero-order valence-electron chi connectivity index (χ0n) is 16.3. The van der Waals surface area contributed by atoms with Crippen LogP contribution in [0.25, 0.3) is 10.8 Å². The standard InChI is InChI=1S/C21H25NO7/c1-3-19(24)28-13-12-27-11-10-26-9-8-22-21(25)29-20-15(2)14-18(23)16-6-4-5-7-17(16)20/h3-7,14,23H,1,8-13H2,2H3,(H,22,25). The van der Waals surface area contributed by atoms with Crippen molar-refractivity contribution in [3.63, 3.8) is 0 Å². The Bertz CT molecular complexity index is 850. The van der Waals surface area contributed by atoms with E-state index in [1.807, 2.05) is 6.07 Å². The van der Waals surface area contributed by atoms with Gasteiger partial charge < -0.3 is 29.4 Å². The molecular weight excluding hydrogens is 378 g/mol. The fourth-order valence-electron chi connectivity index (χ4n) is 2.54. The maximum atomic E-state index is 12.1. The summed E-state index contributed by atoms with van der Waals surface area (Å²) in [6.45, 7) is 6.72. The van der Waals surface area contributed by atoms with Gasteiger partial charge in [-0.05, 0) is 18.6 Å². The normalized spacial score (nSPS) is 10.5. The minimum atomic E-state index is -0.604. The van der Waals surface area contributed by atoms with Crippen LogP contribution in [0.2, 0.25) is 0 Å². The van der Waals surface area contributed by atoms with E-state index >= 15 is 0 Å². The summed E-state index contributed by atoms with van der Waals surface area (Å²) < 4.78 is 20.7. The predicted octanol–water partition coefficient (Wildman–Crippen LogP) is 2.70. The number of esters is 1. The van der Waals surface area contributed by atoms with E-state index in [-0.39, 0.29) is 25.5 Å². The van der Waals surface area contributed by atoms with Crippen molar-refractivity contribution in [1.29, 1.82) is 0 Å². The molecule has 0 aliphatic carbocycles. The highest BCUT2D eigenvalue weighted by atomic mass is 16.6. The summed E-state index contributed by atoms with van der Waals surface area (Å²) in [6, 6.07) is 8.72. The van der Waals surface area contributed by atoms with Gasteiger partial charge in [-0.2, -0.15) is 0 Å². The lowest BCUT2D eigenvalue weighted by Crippen LogP contribution is -2.30. The maximum Gasteiger partial charge on any atom is 0.412 e. The van der Waals surface area contributed by atoms with Gasteiger partial charge in [0.2, 0.25) is 0 Å². The Morgan fingerprint density at radius 2 is 1.72 bits per heavy atom. The molecule has 0 fully saturated rings. The minimum absolute atomic E-state index is 0.139. The lowest BCUT2D eigenvalue weighted by molar-refractivity contribution is -0.139. The molecule has 0 aromatic heterocycles. The van der Waals surface area contributed by atoms with Gasteiger partial charge in [-0.15, -0.1) is 0 Å². The molecule has 29 heavy (non-hydrogen) atoms. The first kappa shape index (κ1) is 22.2. The highest BCUT2D eigenvalue weighted by molar-refractivity contribution is 5.95. The molecule has 1 amide bonds. The Balaban J connectivity index is 1.64. The van der Waals surface area contributed by atoms with Crippen LogP contribution in [0.4, 0.5) is 4.79 Å². The van der Waals surface area contributed by atoms with Crippen LogP contribution in [0.1, 0.15) is 5.56 Å². The van der Waals surface area contributed by atoms with E-state index in [0.717, 1.165) is 6.08 Å². The lowest BCUT2D eigenvalue weighted by atomic mass is 10.1. The van der Waals surface area contributed by atoms with Gasteiger partial charge in [0.05, 0.1) is 26.4 Å². The van der Waals surface area contributed by atoms with Crippen molar-refractivity contribution < 1.29 is 33.6 Å². The number of hydrogen-bond donors (Lipinski definition) is 2. The van der Waals surface area contributed by atoms with E-state index in [2.05, 4.69) is 11.9 Å². The number of benzene rings is 2. The van der Waals surface area contributed by atoms with Crippen LogP contribution in [-0.2, 0) is 19.0 Å².